The Balaban J connectivity index is 1.55. The number of hydrogen-bond acceptors (Lipinski definition) is 4. The predicted octanol–water partition coefficient (Wildman–Crippen LogP) is 3.72. The molecule has 0 amide bonds. The summed E-state index contributed by atoms with van der Waals surface area (Å²) in [6.45, 7) is 0.431. The molecular weight excluding hydrogens is 357 g/mol. The highest BCUT2D eigenvalue weighted by atomic mass is 35.5. The third-order valence-corrected chi connectivity index (χ3v) is 4.23. The number of hydrogen-bond donors (Lipinski definition) is 3. The molecule has 26 heavy (non-hydrogen) atoms. The number of rotatable bonds is 4. The van der Waals surface area contributed by atoms with E-state index < -0.39 is 5.56 Å². The monoisotopic (exact) mass is 369 g/mol. The van der Waals surface area contributed by atoms with Crippen LogP contribution in [-0.4, -0.2) is 20.2 Å². The van der Waals surface area contributed by atoms with Gasteiger partial charge in [0.05, 0.1) is 0 Å². The Hall–Kier alpha value is -3.19. The van der Waals surface area contributed by atoms with Gasteiger partial charge < -0.3 is 10.3 Å². The van der Waals surface area contributed by atoms with Crippen LogP contribution in [0.2, 0.25) is 5.02 Å². The van der Waals surface area contributed by atoms with Crippen LogP contribution >= 0.6 is 11.6 Å². The second-order valence-electron chi connectivity index (χ2n) is 5.72. The van der Waals surface area contributed by atoms with Crippen LogP contribution < -0.4 is 10.9 Å². The minimum absolute atomic E-state index is 0.134. The van der Waals surface area contributed by atoms with Crippen molar-refractivity contribution in [3.05, 3.63) is 75.4 Å². The van der Waals surface area contributed by atoms with Crippen molar-refractivity contribution >= 4 is 28.5 Å². The maximum absolute atomic E-state index is 13.0. The Morgan fingerprint density at radius 1 is 1.12 bits per heavy atom. The average Bonchev–Trinajstić information content (AvgIpc) is 3.03. The number of aromatic amines is 2. The van der Waals surface area contributed by atoms with Gasteiger partial charge in [0.15, 0.2) is 5.69 Å². The molecule has 0 fully saturated rings. The van der Waals surface area contributed by atoms with E-state index in [0.29, 0.717) is 17.1 Å². The Bertz CT molecular complexity index is 1140. The lowest BCUT2D eigenvalue weighted by atomic mass is 10.1. The van der Waals surface area contributed by atoms with Crippen LogP contribution in [0.25, 0.3) is 22.2 Å². The Morgan fingerprint density at radius 3 is 2.69 bits per heavy atom. The molecule has 4 rings (SSSR count). The van der Waals surface area contributed by atoms with Gasteiger partial charge in [0.2, 0.25) is 5.95 Å². The summed E-state index contributed by atoms with van der Waals surface area (Å²) in [4.78, 5) is 18.0. The first-order valence-corrected chi connectivity index (χ1v) is 8.20. The van der Waals surface area contributed by atoms with Crippen molar-refractivity contribution < 1.29 is 4.39 Å². The minimum Gasteiger partial charge on any atom is -0.361 e. The highest BCUT2D eigenvalue weighted by Crippen LogP contribution is 2.22. The molecule has 8 heteroatoms. The SMILES string of the molecule is O=c1[nH]c(NCc2c[nH]c3ccc(Cl)cc23)nnc1-c1ccc(F)cc1. The van der Waals surface area contributed by atoms with Gasteiger partial charge in [-0.25, -0.2) is 4.39 Å². The third-order valence-electron chi connectivity index (χ3n) is 3.99. The first-order chi connectivity index (χ1) is 12.6. The van der Waals surface area contributed by atoms with Crippen molar-refractivity contribution in [1.82, 2.24) is 20.2 Å². The number of aromatic nitrogens is 4. The zero-order valence-electron chi connectivity index (χ0n) is 13.4. The fourth-order valence-corrected chi connectivity index (χ4v) is 2.86. The van der Waals surface area contributed by atoms with Gasteiger partial charge in [0.25, 0.3) is 5.56 Å². The number of H-pyrrole nitrogens is 2. The van der Waals surface area contributed by atoms with Gasteiger partial charge in [-0.15, -0.1) is 10.2 Å². The van der Waals surface area contributed by atoms with Crippen LogP contribution in [0.3, 0.4) is 0 Å². The molecule has 2 heterocycles. The molecule has 0 spiro atoms. The summed E-state index contributed by atoms with van der Waals surface area (Å²) < 4.78 is 13.0. The molecule has 0 unspecified atom stereocenters. The molecule has 2 aromatic carbocycles. The number of fused-ring (bicyclic) bond motifs is 1. The number of anilines is 1. The van der Waals surface area contributed by atoms with E-state index in [0.717, 1.165) is 16.5 Å². The number of halogens is 2. The van der Waals surface area contributed by atoms with Crippen molar-refractivity contribution in [3.63, 3.8) is 0 Å². The van der Waals surface area contributed by atoms with Gasteiger partial charge in [0.1, 0.15) is 5.82 Å². The molecule has 0 radical (unpaired) electrons. The topological polar surface area (TPSA) is 86.5 Å². The molecule has 0 saturated carbocycles. The normalized spacial score (nSPS) is 11.0. The van der Waals surface area contributed by atoms with Gasteiger partial charge in [-0.1, -0.05) is 11.6 Å². The second-order valence-corrected chi connectivity index (χ2v) is 6.15. The highest BCUT2D eigenvalue weighted by Gasteiger charge is 2.09. The van der Waals surface area contributed by atoms with Crippen LogP contribution in [-0.2, 0) is 6.54 Å². The largest absolute Gasteiger partial charge is 0.361 e. The van der Waals surface area contributed by atoms with Crippen LogP contribution in [0.4, 0.5) is 10.3 Å². The molecule has 0 aliphatic carbocycles. The summed E-state index contributed by atoms with van der Waals surface area (Å²) in [5.74, 6) is -0.132. The van der Waals surface area contributed by atoms with E-state index in [9.17, 15) is 9.18 Å². The molecule has 0 aliphatic heterocycles. The quantitative estimate of drug-likeness (QED) is 0.511. The fraction of sp³-hybridized carbons (Fsp3) is 0.0556. The highest BCUT2D eigenvalue weighted by molar-refractivity contribution is 6.31. The molecule has 3 N–H and O–H groups in total. The molecule has 2 aromatic heterocycles. The maximum Gasteiger partial charge on any atom is 0.279 e. The van der Waals surface area contributed by atoms with Crippen LogP contribution in [0.15, 0.2) is 53.5 Å². The van der Waals surface area contributed by atoms with Gasteiger partial charge in [-0.2, -0.15) is 0 Å². The summed E-state index contributed by atoms with van der Waals surface area (Å²) in [6, 6.07) is 11.1. The van der Waals surface area contributed by atoms with E-state index in [-0.39, 0.29) is 17.5 Å². The third kappa shape index (κ3) is 3.16. The van der Waals surface area contributed by atoms with Crippen molar-refractivity contribution in [2.75, 3.05) is 5.32 Å². The molecule has 4 aromatic rings. The maximum atomic E-state index is 13.0. The van der Waals surface area contributed by atoms with Gasteiger partial charge >= 0.3 is 0 Å². The lowest BCUT2D eigenvalue weighted by Gasteiger charge is -2.05. The number of nitrogens with zero attached hydrogens (tertiary/aromatic N) is 2. The molecule has 6 nitrogen and oxygen atoms in total. The van der Waals surface area contributed by atoms with Gasteiger partial charge in [-0.05, 0) is 48.0 Å². The summed E-state index contributed by atoms with van der Waals surface area (Å²) >= 11 is 6.04. The molecule has 0 saturated heterocycles. The van der Waals surface area contributed by atoms with Crippen molar-refractivity contribution in [3.8, 4) is 11.3 Å². The standard InChI is InChI=1S/C18H13ClFN5O/c19-12-3-6-15-14(7-12)11(8-21-15)9-22-18-23-17(26)16(24-25-18)10-1-4-13(20)5-2-10/h1-8,21H,9H2,(H2,22,23,25,26). The summed E-state index contributed by atoms with van der Waals surface area (Å²) in [5, 5.41) is 12.6. The molecule has 130 valence electrons. The summed E-state index contributed by atoms with van der Waals surface area (Å²) in [7, 11) is 0. The lowest BCUT2D eigenvalue weighted by molar-refractivity contribution is 0.628. The Morgan fingerprint density at radius 2 is 1.92 bits per heavy atom. The van der Waals surface area contributed by atoms with E-state index in [1.54, 1.807) is 0 Å². The van der Waals surface area contributed by atoms with E-state index in [4.69, 9.17) is 11.6 Å². The number of nitrogens with one attached hydrogen (secondary N) is 3. The van der Waals surface area contributed by atoms with E-state index >= 15 is 0 Å². The predicted molar refractivity (Wildman–Crippen MR) is 98.7 cm³/mol. The molecule has 0 atom stereocenters. The lowest BCUT2D eigenvalue weighted by Crippen LogP contribution is -2.16. The Kier molecular flexibility index (Phi) is 4.14. The van der Waals surface area contributed by atoms with Crippen molar-refractivity contribution in [2.45, 2.75) is 6.54 Å². The summed E-state index contributed by atoms with van der Waals surface area (Å²) in [6.07, 6.45) is 1.87. The van der Waals surface area contributed by atoms with Gasteiger partial charge in [-0.3, -0.25) is 9.78 Å². The fourth-order valence-electron chi connectivity index (χ4n) is 2.69. The van der Waals surface area contributed by atoms with E-state index in [1.807, 2.05) is 24.4 Å². The zero-order chi connectivity index (χ0) is 18.1. The second kappa shape index (κ2) is 6.61. The van der Waals surface area contributed by atoms with Crippen LogP contribution in [0, 0.1) is 5.82 Å². The van der Waals surface area contributed by atoms with Crippen LogP contribution in [0.1, 0.15) is 5.56 Å². The average molecular weight is 370 g/mol. The molecule has 0 bridgehead atoms. The minimum atomic E-state index is -0.406. The summed E-state index contributed by atoms with van der Waals surface area (Å²) in [5.41, 5.74) is 2.17. The zero-order valence-corrected chi connectivity index (χ0v) is 14.1. The number of benzene rings is 2. The Labute approximate surface area is 152 Å². The smallest absolute Gasteiger partial charge is 0.279 e. The molecular formula is C18H13ClFN5O. The first kappa shape index (κ1) is 16.3. The van der Waals surface area contributed by atoms with Gasteiger partial charge in [0, 0.05) is 34.2 Å². The van der Waals surface area contributed by atoms with Crippen molar-refractivity contribution in [2.24, 2.45) is 0 Å². The van der Waals surface area contributed by atoms with E-state index in [2.05, 4.69) is 25.5 Å². The van der Waals surface area contributed by atoms with E-state index in [1.165, 1.54) is 24.3 Å². The first-order valence-electron chi connectivity index (χ1n) is 7.82. The molecule has 0 aliphatic rings. The van der Waals surface area contributed by atoms with Crippen molar-refractivity contribution in [1.29, 1.82) is 0 Å². The van der Waals surface area contributed by atoms with Crippen LogP contribution in [0.5, 0.6) is 0 Å².